The number of benzene rings is 2. The Hall–Kier alpha value is -2.48. The summed E-state index contributed by atoms with van der Waals surface area (Å²) in [5, 5.41) is 15.4. The molecule has 8 heteroatoms. The first kappa shape index (κ1) is 23.8. The molecule has 0 aliphatic carbocycles. The molecule has 1 fully saturated rings. The first-order valence-electron chi connectivity index (χ1n) is 9.61. The molecular weight excluding hydrogens is 411 g/mol. The van der Waals surface area contributed by atoms with Crippen LogP contribution in [-0.2, 0) is 16.1 Å². The van der Waals surface area contributed by atoms with Gasteiger partial charge in [-0.2, -0.15) is 0 Å². The van der Waals surface area contributed by atoms with Crippen molar-refractivity contribution in [1.82, 2.24) is 10.6 Å². The predicted octanol–water partition coefficient (Wildman–Crippen LogP) is 3.46. The highest BCUT2D eigenvalue weighted by molar-refractivity contribution is 5.88. The van der Waals surface area contributed by atoms with Crippen molar-refractivity contribution in [2.75, 3.05) is 13.2 Å². The number of amides is 1. The predicted molar refractivity (Wildman–Crippen MR) is 113 cm³/mol. The van der Waals surface area contributed by atoms with E-state index in [4.69, 9.17) is 9.84 Å². The maximum absolute atomic E-state index is 13.5. The minimum atomic E-state index is -0.990. The zero-order valence-electron chi connectivity index (χ0n) is 16.7. The second-order valence-corrected chi connectivity index (χ2v) is 7.30. The van der Waals surface area contributed by atoms with Crippen LogP contribution in [0.5, 0.6) is 0 Å². The topological polar surface area (TPSA) is 87.7 Å². The van der Waals surface area contributed by atoms with Crippen LogP contribution in [0.2, 0.25) is 0 Å². The lowest BCUT2D eigenvalue weighted by Gasteiger charge is -2.37. The highest BCUT2D eigenvalue weighted by Gasteiger charge is 2.40. The summed E-state index contributed by atoms with van der Waals surface area (Å²) in [6.45, 7) is 3.15. The van der Waals surface area contributed by atoms with E-state index in [9.17, 15) is 14.0 Å². The summed E-state index contributed by atoms with van der Waals surface area (Å²) in [5.41, 5.74) is 0.974. The number of rotatable bonds is 7. The van der Waals surface area contributed by atoms with Crippen LogP contribution in [0.3, 0.4) is 0 Å². The van der Waals surface area contributed by atoms with Crippen LogP contribution in [0, 0.1) is 5.82 Å². The number of ether oxygens (including phenoxy) is 1. The Bertz CT molecular complexity index is 870. The van der Waals surface area contributed by atoms with E-state index in [-0.39, 0.29) is 35.7 Å². The van der Waals surface area contributed by atoms with Crippen molar-refractivity contribution in [2.45, 2.75) is 37.9 Å². The van der Waals surface area contributed by atoms with Crippen LogP contribution in [0.4, 0.5) is 4.39 Å². The molecule has 3 rings (SSSR count). The monoisotopic (exact) mass is 436 g/mol. The van der Waals surface area contributed by atoms with Gasteiger partial charge in [-0.15, -0.1) is 12.4 Å². The summed E-state index contributed by atoms with van der Waals surface area (Å²) >= 11 is 0. The third kappa shape index (κ3) is 5.78. The average Bonchev–Trinajstić information content (AvgIpc) is 2.73. The Morgan fingerprint density at radius 3 is 2.43 bits per heavy atom. The van der Waals surface area contributed by atoms with E-state index in [0.29, 0.717) is 32.6 Å². The van der Waals surface area contributed by atoms with E-state index in [2.05, 4.69) is 10.6 Å². The molecule has 0 radical (unpaired) electrons. The van der Waals surface area contributed by atoms with Gasteiger partial charge in [-0.05, 0) is 55.2 Å². The maximum Gasteiger partial charge on any atom is 0.335 e. The van der Waals surface area contributed by atoms with Crippen LogP contribution < -0.4 is 10.6 Å². The van der Waals surface area contributed by atoms with E-state index in [1.54, 1.807) is 18.2 Å². The van der Waals surface area contributed by atoms with Gasteiger partial charge in [-0.25, -0.2) is 9.18 Å². The first-order valence-corrected chi connectivity index (χ1v) is 9.61. The van der Waals surface area contributed by atoms with Gasteiger partial charge in [0.2, 0.25) is 5.91 Å². The second kappa shape index (κ2) is 10.5. The summed E-state index contributed by atoms with van der Waals surface area (Å²) in [5.74, 6) is -1.45. The van der Waals surface area contributed by atoms with Gasteiger partial charge < -0.3 is 15.2 Å². The van der Waals surface area contributed by atoms with Gasteiger partial charge in [0.25, 0.3) is 0 Å². The number of hydrogen-bond donors (Lipinski definition) is 3. The molecule has 1 aliphatic rings. The summed E-state index contributed by atoms with van der Waals surface area (Å²) in [6.07, 6.45) is 1.03. The van der Waals surface area contributed by atoms with Crippen LogP contribution in [-0.4, -0.2) is 35.7 Å². The van der Waals surface area contributed by atoms with Gasteiger partial charge in [0, 0.05) is 19.8 Å². The van der Waals surface area contributed by atoms with E-state index in [1.807, 2.05) is 13.0 Å². The molecule has 3 N–H and O–H groups in total. The molecule has 0 unspecified atom stereocenters. The first-order chi connectivity index (χ1) is 13.9. The Morgan fingerprint density at radius 1 is 1.17 bits per heavy atom. The molecule has 1 saturated heterocycles. The van der Waals surface area contributed by atoms with E-state index in [0.717, 1.165) is 11.1 Å². The molecule has 1 atom stereocenters. The Balaban J connectivity index is 0.00000320. The van der Waals surface area contributed by atoms with Crippen molar-refractivity contribution in [3.05, 3.63) is 71.0 Å². The number of carboxylic acids is 1. The number of nitrogens with one attached hydrogen (secondary N) is 2. The van der Waals surface area contributed by atoms with Crippen molar-refractivity contribution < 1.29 is 23.8 Å². The maximum atomic E-state index is 13.5. The zero-order valence-corrected chi connectivity index (χ0v) is 17.5. The minimum Gasteiger partial charge on any atom is -0.478 e. The lowest BCUT2D eigenvalue weighted by molar-refractivity contribution is -0.132. The molecule has 0 spiro atoms. The molecule has 1 heterocycles. The van der Waals surface area contributed by atoms with Crippen LogP contribution in [0.15, 0.2) is 48.5 Å². The largest absolute Gasteiger partial charge is 0.478 e. The van der Waals surface area contributed by atoms with Crippen molar-refractivity contribution in [2.24, 2.45) is 0 Å². The van der Waals surface area contributed by atoms with Crippen LogP contribution in [0.25, 0.3) is 0 Å². The summed E-state index contributed by atoms with van der Waals surface area (Å²) in [4.78, 5) is 24.2. The van der Waals surface area contributed by atoms with Crippen molar-refractivity contribution >= 4 is 24.3 Å². The van der Waals surface area contributed by atoms with Crippen LogP contribution >= 0.6 is 12.4 Å². The molecule has 6 nitrogen and oxygen atoms in total. The Labute approximate surface area is 181 Å². The number of carbonyl (C=O) groups excluding carboxylic acids is 1. The molecule has 2 aromatic rings. The lowest BCUT2D eigenvalue weighted by atomic mass is 9.88. The smallest absolute Gasteiger partial charge is 0.335 e. The number of halogens is 2. The minimum absolute atomic E-state index is 0. The molecular formula is C22H26ClFN2O4. The molecule has 0 saturated carbocycles. The van der Waals surface area contributed by atoms with E-state index in [1.165, 1.54) is 24.3 Å². The molecule has 0 bridgehead atoms. The quantitative estimate of drug-likeness (QED) is 0.618. The SMILES string of the molecule is C[C@H](NC(=O)C1(NCc2cccc(F)c2)CCOCC1)c1ccc(C(=O)O)cc1.Cl. The van der Waals surface area contributed by atoms with Gasteiger partial charge in [0.05, 0.1) is 11.6 Å². The van der Waals surface area contributed by atoms with Gasteiger partial charge in [0.15, 0.2) is 0 Å². The Morgan fingerprint density at radius 2 is 1.83 bits per heavy atom. The van der Waals surface area contributed by atoms with Crippen molar-refractivity contribution in [3.63, 3.8) is 0 Å². The van der Waals surface area contributed by atoms with Crippen molar-refractivity contribution in [3.8, 4) is 0 Å². The fourth-order valence-corrected chi connectivity index (χ4v) is 3.45. The van der Waals surface area contributed by atoms with Gasteiger partial charge in [0.1, 0.15) is 11.4 Å². The van der Waals surface area contributed by atoms with Gasteiger partial charge >= 0.3 is 5.97 Å². The number of hydrogen-bond acceptors (Lipinski definition) is 4. The zero-order chi connectivity index (χ0) is 20.9. The molecule has 2 aromatic carbocycles. The molecule has 0 aromatic heterocycles. The van der Waals surface area contributed by atoms with Gasteiger partial charge in [-0.3, -0.25) is 10.1 Å². The van der Waals surface area contributed by atoms with Crippen molar-refractivity contribution in [1.29, 1.82) is 0 Å². The summed E-state index contributed by atoms with van der Waals surface area (Å²) in [6, 6.07) is 12.4. The van der Waals surface area contributed by atoms with E-state index >= 15 is 0 Å². The molecule has 1 amide bonds. The fourth-order valence-electron chi connectivity index (χ4n) is 3.45. The van der Waals surface area contributed by atoms with Gasteiger partial charge in [-0.1, -0.05) is 24.3 Å². The normalized spacial score (nSPS) is 16.2. The third-order valence-electron chi connectivity index (χ3n) is 5.31. The molecule has 30 heavy (non-hydrogen) atoms. The Kier molecular flexibility index (Phi) is 8.34. The number of carboxylic acid groups (broad SMARTS) is 1. The fraction of sp³-hybridized carbons (Fsp3) is 0.364. The van der Waals surface area contributed by atoms with Crippen LogP contribution in [0.1, 0.15) is 47.3 Å². The summed E-state index contributed by atoms with van der Waals surface area (Å²) in [7, 11) is 0. The molecule has 1 aliphatic heterocycles. The van der Waals surface area contributed by atoms with E-state index < -0.39 is 11.5 Å². The average molecular weight is 437 g/mol. The third-order valence-corrected chi connectivity index (χ3v) is 5.31. The highest BCUT2D eigenvalue weighted by Crippen LogP contribution is 2.24. The molecule has 162 valence electrons. The summed E-state index contributed by atoms with van der Waals surface area (Å²) < 4.78 is 18.9. The lowest BCUT2D eigenvalue weighted by Crippen LogP contribution is -2.59. The standard InChI is InChI=1S/C22H25FN2O4.ClH/c1-15(17-5-7-18(8-6-17)20(26)27)25-21(28)22(9-11-29-12-10-22)24-14-16-3-2-4-19(23)13-16;/h2-8,13,15,24H,9-12,14H2,1H3,(H,25,28)(H,26,27);1H/t15-;/m0./s1. The highest BCUT2D eigenvalue weighted by atomic mass is 35.5. The second-order valence-electron chi connectivity index (χ2n) is 7.30. The number of aromatic carboxylic acids is 1. The number of carbonyl (C=O) groups is 2.